The fraction of sp³-hybridized carbons (Fsp3) is 0. The molecule has 0 N–H and O–H groups in total. The number of hydrogen-bond donors (Lipinski definition) is 0. The van der Waals surface area contributed by atoms with Gasteiger partial charge in [0.25, 0.3) is 0 Å². The van der Waals surface area contributed by atoms with Crippen molar-refractivity contribution < 1.29 is 0 Å². The molecule has 0 saturated carbocycles. The lowest BCUT2D eigenvalue weighted by Crippen LogP contribution is -1.96. The quantitative estimate of drug-likeness (QED) is 0.129. The summed E-state index contributed by atoms with van der Waals surface area (Å²) >= 11 is 0. The van der Waals surface area contributed by atoms with Gasteiger partial charge in [-0.1, -0.05) is 231 Å². The Morgan fingerprint density at radius 2 is 0.400 bits per heavy atom. The van der Waals surface area contributed by atoms with Gasteiger partial charge in [-0.15, -0.1) is 0 Å². The molecule has 0 unspecified atom stereocenters. The molecule has 2 nitrogen and oxygen atoms in total. The lowest BCUT2D eigenvalue weighted by molar-refractivity contribution is 1.18. The minimum absolute atomic E-state index is 1.13. The van der Waals surface area contributed by atoms with E-state index in [1.165, 1.54) is 133 Å². The van der Waals surface area contributed by atoms with Crippen LogP contribution in [0.4, 0.5) is 0 Å². The van der Waals surface area contributed by atoms with E-state index in [-0.39, 0.29) is 0 Å². The van der Waals surface area contributed by atoms with Crippen molar-refractivity contribution in [2.75, 3.05) is 0 Å². The number of para-hydroxylation sites is 2. The number of rotatable bonds is 10. The fourth-order valence-electron chi connectivity index (χ4n) is 12.1. The Bertz CT molecular complexity index is 4780. The second-order valence-corrected chi connectivity index (χ2v) is 20.9. The lowest BCUT2D eigenvalue weighted by atomic mass is 9.95. The third kappa shape index (κ3) is 8.48. The standard InChI is InChI=1S/C78H52N2/c1-4-17-53(18-5-1)59-23-14-26-62(45-59)63-27-15-25-61(46-63)58-35-33-56(34-36-58)57-37-41-69(42-38-57)79-75-31-12-10-29-71(75)73-51-65(39-43-77(73)79)66-40-44-78-74(52-66)72-30-11-13-32-76(72)80(78)70-49-67(55-21-8-3-9-22-55)48-68(50-70)64-28-16-24-60(47-64)54-19-6-2-7-20-54/h1-52H. The fourth-order valence-corrected chi connectivity index (χ4v) is 12.1. The number of fused-ring (bicyclic) bond motifs is 6. The largest absolute Gasteiger partial charge is 0.309 e. The maximum Gasteiger partial charge on any atom is 0.0541 e. The highest BCUT2D eigenvalue weighted by molar-refractivity contribution is 6.13. The highest BCUT2D eigenvalue weighted by atomic mass is 15.0. The molecule has 0 atom stereocenters. The van der Waals surface area contributed by atoms with Gasteiger partial charge in [0.2, 0.25) is 0 Å². The van der Waals surface area contributed by atoms with E-state index >= 15 is 0 Å². The SMILES string of the molecule is c1ccc(-c2cccc(-c3cccc(-c4ccc(-c5ccc(-n6c7ccccc7c7cc(-c8ccc9c(c8)c8ccccc8n9-c8cc(-c9ccccc9)cc(-c9cccc(-c%10ccccc%10)c9)c8)ccc76)cc5)cc4)c3)c2)cc1. The molecule has 13 aromatic carbocycles. The molecule has 15 aromatic rings. The lowest BCUT2D eigenvalue weighted by Gasteiger charge is -2.15. The van der Waals surface area contributed by atoms with E-state index in [9.17, 15) is 0 Å². The Hall–Kier alpha value is -10.5. The summed E-state index contributed by atoms with van der Waals surface area (Å²) in [5, 5.41) is 4.92. The average Bonchev–Trinajstić information content (AvgIpc) is 4.13. The molecule has 0 aliphatic rings. The van der Waals surface area contributed by atoms with Crippen LogP contribution >= 0.6 is 0 Å². The summed E-state index contributed by atoms with van der Waals surface area (Å²) in [5.41, 5.74) is 26.2. The molecule has 2 heteroatoms. The first-order chi connectivity index (χ1) is 39.6. The highest BCUT2D eigenvalue weighted by Crippen LogP contribution is 2.41. The Morgan fingerprint density at radius 3 is 0.850 bits per heavy atom. The minimum atomic E-state index is 1.13. The van der Waals surface area contributed by atoms with Crippen LogP contribution in [-0.2, 0) is 0 Å². The van der Waals surface area contributed by atoms with E-state index in [1.54, 1.807) is 0 Å². The number of hydrogen-bond acceptors (Lipinski definition) is 0. The number of benzene rings is 13. The molecule has 0 radical (unpaired) electrons. The molecule has 15 rings (SSSR count). The summed E-state index contributed by atoms with van der Waals surface area (Å²) in [5.74, 6) is 0. The van der Waals surface area contributed by atoms with Gasteiger partial charge in [0, 0.05) is 32.9 Å². The Balaban J connectivity index is 0.752. The van der Waals surface area contributed by atoms with Gasteiger partial charge in [0.05, 0.1) is 22.1 Å². The molecule has 80 heavy (non-hydrogen) atoms. The molecule has 0 spiro atoms. The van der Waals surface area contributed by atoms with Gasteiger partial charge in [-0.2, -0.15) is 0 Å². The Labute approximate surface area is 466 Å². The molecule has 2 aromatic heterocycles. The molecule has 0 aliphatic carbocycles. The van der Waals surface area contributed by atoms with Crippen LogP contribution in [0, 0.1) is 0 Å². The van der Waals surface area contributed by atoms with Crippen molar-refractivity contribution in [2.24, 2.45) is 0 Å². The van der Waals surface area contributed by atoms with Crippen molar-refractivity contribution in [2.45, 2.75) is 0 Å². The van der Waals surface area contributed by atoms with Crippen molar-refractivity contribution >= 4 is 43.6 Å². The summed E-state index contributed by atoms with van der Waals surface area (Å²) in [6.45, 7) is 0. The Morgan fingerprint density at radius 1 is 0.138 bits per heavy atom. The van der Waals surface area contributed by atoms with Crippen molar-refractivity contribution in [3.63, 3.8) is 0 Å². The first-order valence-electron chi connectivity index (χ1n) is 27.5. The second-order valence-electron chi connectivity index (χ2n) is 20.9. The molecular formula is C78H52N2. The smallest absolute Gasteiger partial charge is 0.0541 e. The van der Waals surface area contributed by atoms with Gasteiger partial charge in [0.1, 0.15) is 0 Å². The maximum atomic E-state index is 2.45. The molecule has 2 heterocycles. The van der Waals surface area contributed by atoms with E-state index in [0.29, 0.717) is 0 Å². The van der Waals surface area contributed by atoms with Gasteiger partial charge in [-0.05, 0) is 174 Å². The zero-order valence-corrected chi connectivity index (χ0v) is 43.9. The zero-order chi connectivity index (χ0) is 52.9. The molecule has 0 aliphatic heterocycles. The summed E-state index contributed by atoms with van der Waals surface area (Å²) in [6, 6.07) is 115. The van der Waals surface area contributed by atoms with Crippen molar-refractivity contribution in [3.05, 3.63) is 315 Å². The van der Waals surface area contributed by atoms with E-state index in [1.807, 2.05) is 0 Å². The number of aromatic nitrogens is 2. The van der Waals surface area contributed by atoms with Gasteiger partial charge >= 0.3 is 0 Å². The predicted molar refractivity (Wildman–Crippen MR) is 339 cm³/mol. The Kier molecular flexibility index (Phi) is 11.6. The second kappa shape index (κ2) is 19.8. The van der Waals surface area contributed by atoms with Crippen LogP contribution in [0.2, 0.25) is 0 Å². The predicted octanol–water partition coefficient (Wildman–Crippen LogP) is 21.2. The normalized spacial score (nSPS) is 11.5. The monoisotopic (exact) mass is 1020 g/mol. The maximum absolute atomic E-state index is 2.45. The molecule has 0 saturated heterocycles. The third-order valence-corrected chi connectivity index (χ3v) is 16.1. The number of nitrogens with zero attached hydrogens (tertiary/aromatic N) is 2. The van der Waals surface area contributed by atoms with Crippen LogP contribution in [0.15, 0.2) is 315 Å². The topological polar surface area (TPSA) is 9.86 Å². The zero-order valence-electron chi connectivity index (χ0n) is 43.9. The van der Waals surface area contributed by atoms with Crippen molar-refractivity contribution in [1.82, 2.24) is 9.13 Å². The molecule has 374 valence electrons. The molecule has 0 fully saturated rings. The van der Waals surface area contributed by atoms with Crippen molar-refractivity contribution in [3.8, 4) is 100 Å². The minimum Gasteiger partial charge on any atom is -0.309 e. The van der Waals surface area contributed by atoms with Crippen LogP contribution in [-0.4, -0.2) is 9.13 Å². The van der Waals surface area contributed by atoms with Crippen molar-refractivity contribution in [1.29, 1.82) is 0 Å². The summed E-state index contributed by atoms with van der Waals surface area (Å²) in [6.07, 6.45) is 0. The van der Waals surface area contributed by atoms with Crippen LogP contribution in [0.5, 0.6) is 0 Å². The van der Waals surface area contributed by atoms with Crippen LogP contribution < -0.4 is 0 Å². The van der Waals surface area contributed by atoms with Crippen LogP contribution in [0.3, 0.4) is 0 Å². The molecule has 0 amide bonds. The van der Waals surface area contributed by atoms with E-state index in [4.69, 9.17) is 0 Å². The van der Waals surface area contributed by atoms with E-state index in [2.05, 4.69) is 325 Å². The van der Waals surface area contributed by atoms with E-state index in [0.717, 1.165) is 11.4 Å². The van der Waals surface area contributed by atoms with Gasteiger partial charge in [0.15, 0.2) is 0 Å². The van der Waals surface area contributed by atoms with Crippen LogP contribution in [0.25, 0.3) is 144 Å². The average molecular weight is 1020 g/mol. The first-order valence-corrected chi connectivity index (χ1v) is 27.5. The molecular weight excluding hydrogens is 965 g/mol. The summed E-state index contributed by atoms with van der Waals surface area (Å²) < 4.78 is 4.87. The van der Waals surface area contributed by atoms with Gasteiger partial charge in [-0.3, -0.25) is 0 Å². The highest BCUT2D eigenvalue weighted by Gasteiger charge is 2.18. The van der Waals surface area contributed by atoms with Gasteiger partial charge in [-0.25, -0.2) is 0 Å². The van der Waals surface area contributed by atoms with Crippen LogP contribution in [0.1, 0.15) is 0 Å². The summed E-state index contributed by atoms with van der Waals surface area (Å²) in [7, 11) is 0. The summed E-state index contributed by atoms with van der Waals surface area (Å²) in [4.78, 5) is 0. The molecule has 0 bridgehead atoms. The first kappa shape index (κ1) is 46.7. The van der Waals surface area contributed by atoms with Gasteiger partial charge < -0.3 is 9.13 Å². The van der Waals surface area contributed by atoms with E-state index < -0.39 is 0 Å². The third-order valence-electron chi connectivity index (χ3n) is 16.1.